The zero-order valence-electron chi connectivity index (χ0n) is 7.67. The summed E-state index contributed by atoms with van der Waals surface area (Å²) in [7, 11) is 0. The number of fused-ring (bicyclic) bond motifs is 1. The number of alkyl halides is 1. The van der Waals surface area contributed by atoms with E-state index in [0.29, 0.717) is 22.6 Å². The number of ketones is 1. The maximum absolute atomic E-state index is 12.4. The molecule has 0 N–H and O–H groups in total. The lowest BCUT2D eigenvalue weighted by Gasteiger charge is -2.04. The molecule has 0 aromatic heterocycles. The minimum absolute atomic E-state index is 0.0886. The molecule has 3 nitrogen and oxygen atoms in total. The van der Waals surface area contributed by atoms with Crippen LogP contribution in [0.25, 0.3) is 0 Å². The van der Waals surface area contributed by atoms with Crippen LogP contribution in [0.1, 0.15) is 22.8 Å². The van der Waals surface area contributed by atoms with Gasteiger partial charge in [0.05, 0.1) is 5.56 Å². The second-order valence-corrected chi connectivity index (χ2v) is 3.07. The smallest absolute Gasteiger partial charge is 0.231 e. The summed E-state index contributed by atoms with van der Waals surface area (Å²) in [6, 6.07) is 3.05. The molecule has 0 bridgehead atoms. The van der Waals surface area contributed by atoms with Crippen molar-refractivity contribution in [3.63, 3.8) is 0 Å². The zero-order valence-corrected chi connectivity index (χ0v) is 7.67. The van der Waals surface area contributed by atoms with E-state index >= 15 is 0 Å². The van der Waals surface area contributed by atoms with Gasteiger partial charge in [-0.25, -0.2) is 4.39 Å². The maximum atomic E-state index is 12.4. The SMILES string of the molecule is CC(=O)c1cc(CF)cc2c1OCO2. The third-order valence-electron chi connectivity index (χ3n) is 2.07. The highest BCUT2D eigenvalue weighted by Crippen LogP contribution is 2.37. The first-order valence-corrected chi connectivity index (χ1v) is 4.22. The van der Waals surface area contributed by atoms with E-state index in [1.807, 2.05) is 0 Å². The molecule has 0 unspecified atom stereocenters. The van der Waals surface area contributed by atoms with Crippen LogP contribution in [0.4, 0.5) is 4.39 Å². The molecule has 1 aromatic carbocycles. The molecule has 1 heterocycles. The average Bonchev–Trinajstić information content (AvgIpc) is 2.63. The molecule has 0 amide bonds. The second-order valence-electron chi connectivity index (χ2n) is 3.07. The predicted octanol–water partition coefficient (Wildman–Crippen LogP) is 2.09. The number of ether oxygens (including phenoxy) is 2. The third kappa shape index (κ3) is 1.32. The van der Waals surface area contributed by atoms with Gasteiger partial charge in [-0.15, -0.1) is 0 Å². The van der Waals surface area contributed by atoms with Gasteiger partial charge in [-0.3, -0.25) is 4.79 Å². The van der Waals surface area contributed by atoms with Gasteiger partial charge in [0.15, 0.2) is 17.3 Å². The van der Waals surface area contributed by atoms with Crippen LogP contribution in [0, 0.1) is 0 Å². The molecule has 14 heavy (non-hydrogen) atoms. The highest BCUT2D eigenvalue weighted by Gasteiger charge is 2.21. The molecule has 0 aliphatic carbocycles. The number of rotatable bonds is 2. The summed E-state index contributed by atoms with van der Waals surface area (Å²) in [5.41, 5.74) is 0.812. The average molecular weight is 196 g/mol. The van der Waals surface area contributed by atoms with Gasteiger partial charge in [-0.2, -0.15) is 0 Å². The van der Waals surface area contributed by atoms with Gasteiger partial charge in [0.2, 0.25) is 6.79 Å². The molecule has 0 saturated carbocycles. The van der Waals surface area contributed by atoms with Crippen LogP contribution in [0.2, 0.25) is 0 Å². The van der Waals surface area contributed by atoms with Gasteiger partial charge >= 0.3 is 0 Å². The van der Waals surface area contributed by atoms with Crippen LogP contribution in [0.5, 0.6) is 11.5 Å². The van der Waals surface area contributed by atoms with Crippen LogP contribution in [-0.4, -0.2) is 12.6 Å². The molecular weight excluding hydrogens is 187 g/mol. The Morgan fingerprint density at radius 1 is 1.50 bits per heavy atom. The summed E-state index contributed by atoms with van der Waals surface area (Å²) in [5, 5.41) is 0. The molecule has 2 rings (SSSR count). The van der Waals surface area contributed by atoms with Gasteiger partial charge in [-0.05, 0) is 24.6 Å². The second kappa shape index (κ2) is 3.29. The molecule has 0 radical (unpaired) electrons. The number of carbonyl (C=O) groups is 1. The Labute approximate surface area is 80.4 Å². The fraction of sp³-hybridized carbons (Fsp3) is 0.300. The van der Waals surface area contributed by atoms with E-state index < -0.39 is 6.67 Å². The lowest BCUT2D eigenvalue weighted by molar-refractivity contribution is 0.101. The standard InChI is InChI=1S/C10H9FO3/c1-6(12)8-2-7(4-11)3-9-10(8)14-5-13-9/h2-3H,4-5H2,1H3. The Balaban J connectivity index is 2.57. The van der Waals surface area contributed by atoms with Crippen LogP contribution in [-0.2, 0) is 6.67 Å². The van der Waals surface area contributed by atoms with E-state index in [9.17, 15) is 9.18 Å². The summed E-state index contributed by atoms with van der Waals surface area (Å²) >= 11 is 0. The largest absolute Gasteiger partial charge is 0.454 e. The first-order chi connectivity index (χ1) is 6.72. The Kier molecular flexibility index (Phi) is 2.11. The van der Waals surface area contributed by atoms with Crippen molar-refractivity contribution in [3.8, 4) is 11.5 Å². The van der Waals surface area contributed by atoms with Gasteiger partial charge in [0.25, 0.3) is 0 Å². The van der Waals surface area contributed by atoms with E-state index in [-0.39, 0.29) is 12.6 Å². The molecule has 1 aliphatic heterocycles. The normalized spacial score (nSPS) is 13.0. The number of hydrogen-bond donors (Lipinski definition) is 0. The quantitative estimate of drug-likeness (QED) is 0.679. The van der Waals surface area contributed by atoms with Crippen molar-refractivity contribution >= 4 is 5.78 Å². The number of carbonyl (C=O) groups excluding carboxylic acids is 1. The van der Waals surface area contributed by atoms with Crippen molar-refractivity contribution in [1.29, 1.82) is 0 Å². The Morgan fingerprint density at radius 3 is 2.93 bits per heavy atom. The van der Waals surface area contributed by atoms with E-state index in [1.54, 1.807) is 6.07 Å². The van der Waals surface area contributed by atoms with Crippen LogP contribution in [0.3, 0.4) is 0 Å². The van der Waals surface area contributed by atoms with Gasteiger partial charge in [0.1, 0.15) is 6.67 Å². The number of hydrogen-bond acceptors (Lipinski definition) is 3. The Morgan fingerprint density at radius 2 is 2.29 bits per heavy atom. The van der Waals surface area contributed by atoms with E-state index in [0.717, 1.165) is 0 Å². The third-order valence-corrected chi connectivity index (χ3v) is 2.07. The molecule has 0 atom stereocenters. The molecular formula is C10H9FO3. The van der Waals surface area contributed by atoms with Gasteiger partial charge < -0.3 is 9.47 Å². The summed E-state index contributed by atoms with van der Waals surface area (Å²) in [5.74, 6) is 0.724. The topological polar surface area (TPSA) is 35.5 Å². The van der Waals surface area contributed by atoms with Gasteiger partial charge in [0, 0.05) is 0 Å². The lowest BCUT2D eigenvalue weighted by atomic mass is 10.1. The molecule has 0 spiro atoms. The number of benzene rings is 1. The van der Waals surface area contributed by atoms with Crippen LogP contribution >= 0.6 is 0 Å². The molecule has 1 aromatic rings. The lowest BCUT2D eigenvalue weighted by Crippen LogP contribution is -1.97. The summed E-state index contributed by atoms with van der Waals surface area (Å²) in [6.07, 6.45) is 0. The van der Waals surface area contributed by atoms with Crippen molar-refractivity contribution in [2.24, 2.45) is 0 Å². The summed E-state index contributed by atoms with van der Waals surface area (Å²) in [6.45, 7) is 0.890. The van der Waals surface area contributed by atoms with Crippen LogP contribution < -0.4 is 9.47 Å². The molecule has 0 fully saturated rings. The van der Waals surface area contributed by atoms with E-state index in [2.05, 4.69) is 0 Å². The minimum Gasteiger partial charge on any atom is -0.454 e. The number of Topliss-reactive ketones (excluding diaryl/α,β-unsaturated/α-hetero) is 1. The first kappa shape index (κ1) is 8.99. The zero-order chi connectivity index (χ0) is 10.1. The van der Waals surface area contributed by atoms with Crippen molar-refractivity contribution in [1.82, 2.24) is 0 Å². The van der Waals surface area contributed by atoms with E-state index in [1.165, 1.54) is 13.0 Å². The minimum atomic E-state index is -0.614. The van der Waals surface area contributed by atoms with Crippen molar-refractivity contribution in [2.45, 2.75) is 13.6 Å². The Hall–Kier alpha value is -1.58. The van der Waals surface area contributed by atoms with Gasteiger partial charge in [-0.1, -0.05) is 0 Å². The molecule has 74 valence electrons. The predicted molar refractivity (Wildman–Crippen MR) is 47.4 cm³/mol. The van der Waals surface area contributed by atoms with Crippen molar-refractivity contribution < 1.29 is 18.7 Å². The highest BCUT2D eigenvalue weighted by molar-refractivity contribution is 5.98. The Bertz CT molecular complexity index is 387. The van der Waals surface area contributed by atoms with Crippen molar-refractivity contribution in [3.05, 3.63) is 23.3 Å². The molecule has 1 aliphatic rings. The summed E-state index contributed by atoms with van der Waals surface area (Å²) in [4.78, 5) is 11.2. The maximum Gasteiger partial charge on any atom is 0.231 e. The van der Waals surface area contributed by atoms with Crippen molar-refractivity contribution in [2.75, 3.05) is 6.79 Å². The molecule has 0 saturated heterocycles. The summed E-state index contributed by atoms with van der Waals surface area (Å²) < 4.78 is 22.6. The van der Waals surface area contributed by atoms with E-state index in [4.69, 9.17) is 9.47 Å². The van der Waals surface area contributed by atoms with Crippen LogP contribution in [0.15, 0.2) is 12.1 Å². The fourth-order valence-corrected chi connectivity index (χ4v) is 1.41. The highest BCUT2D eigenvalue weighted by atomic mass is 19.1. The first-order valence-electron chi connectivity index (χ1n) is 4.22. The monoisotopic (exact) mass is 196 g/mol. The molecule has 4 heteroatoms. The number of halogens is 1. The fourth-order valence-electron chi connectivity index (χ4n) is 1.41.